The molecular formula is C16H13Cl2FO2. The fourth-order valence-electron chi connectivity index (χ4n) is 2.15. The summed E-state index contributed by atoms with van der Waals surface area (Å²) in [5, 5.41) is 10.1. The lowest BCUT2D eigenvalue weighted by molar-refractivity contribution is -0.141. The van der Waals surface area contributed by atoms with Crippen molar-refractivity contribution in [2.45, 2.75) is 12.8 Å². The maximum Gasteiger partial charge on any atom is 0.307 e. The number of benzene rings is 2. The van der Waals surface area contributed by atoms with Crippen LogP contribution in [-0.4, -0.2) is 11.1 Å². The van der Waals surface area contributed by atoms with Crippen LogP contribution in [0.5, 0.6) is 0 Å². The quantitative estimate of drug-likeness (QED) is 0.870. The van der Waals surface area contributed by atoms with Crippen molar-refractivity contribution in [3.8, 4) is 0 Å². The first-order valence-electron chi connectivity index (χ1n) is 6.38. The number of rotatable bonds is 5. The zero-order valence-electron chi connectivity index (χ0n) is 11.0. The van der Waals surface area contributed by atoms with E-state index in [0.717, 1.165) is 0 Å². The molecule has 2 nitrogen and oxygen atoms in total. The molecule has 2 rings (SSSR count). The molecule has 5 heteroatoms. The van der Waals surface area contributed by atoms with Crippen molar-refractivity contribution < 1.29 is 14.3 Å². The molecule has 1 atom stereocenters. The third-order valence-electron chi connectivity index (χ3n) is 3.27. The minimum absolute atomic E-state index is 0.102. The van der Waals surface area contributed by atoms with Gasteiger partial charge in [0.15, 0.2) is 0 Å². The summed E-state index contributed by atoms with van der Waals surface area (Å²) in [5.74, 6) is -2.16. The Labute approximate surface area is 132 Å². The standard InChI is InChI=1S/C16H13Cl2FO2/c17-13-6-3-5-11(15(13)18)9-12(16(20)21)8-10-4-1-2-7-14(10)19/h1-7,12H,8-9H2,(H,20,21). The van der Waals surface area contributed by atoms with Crippen LogP contribution < -0.4 is 0 Å². The Morgan fingerprint density at radius 2 is 1.67 bits per heavy atom. The molecule has 0 aromatic heterocycles. The van der Waals surface area contributed by atoms with E-state index in [1.54, 1.807) is 36.4 Å². The highest BCUT2D eigenvalue weighted by Crippen LogP contribution is 2.28. The maximum absolute atomic E-state index is 13.7. The smallest absolute Gasteiger partial charge is 0.307 e. The molecule has 0 saturated heterocycles. The van der Waals surface area contributed by atoms with Crippen LogP contribution in [-0.2, 0) is 17.6 Å². The van der Waals surface area contributed by atoms with Gasteiger partial charge in [0, 0.05) is 0 Å². The lowest BCUT2D eigenvalue weighted by Gasteiger charge is -2.14. The average Bonchev–Trinajstić information content (AvgIpc) is 2.45. The van der Waals surface area contributed by atoms with Gasteiger partial charge in [-0.1, -0.05) is 53.5 Å². The van der Waals surface area contributed by atoms with Crippen LogP contribution in [0, 0.1) is 11.7 Å². The van der Waals surface area contributed by atoms with Gasteiger partial charge in [-0.2, -0.15) is 0 Å². The van der Waals surface area contributed by atoms with E-state index in [-0.39, 0.29) is 12.8 Å². The zero-order chi connectivity index (χ0) is 15.4. The summed E-state index contributed by atoms with van der Waals surface area (Å²) in [6, 6.07) is 11.2. The van der Waals surface area contributed by atoms with E-state index in [4.69, 9.17) is 23.2 Å². The monoisotopic (exact) mass is 326 g/mol. The summed E-state index contributed by atoms with van der Waals surface area (Å²) in [4.78, 5) is 11.4. The van der Waals surface area contributed by atoms with Crippen LogP contribution in [0.25, 0.3) is 0 Å². The molecule has 0 bridgehead atoms. The topological polar surface area (TPSA) is 37.3 Å². The molecule has 0 amide bonds. The summed E-state index contributed by atoms with van der Waals surface area (Å²) < 4.78 is 13.7. The Kier molecular flexibility index (Phi) is 5.21. The van der Waals surface area contributed by atoms with Crippen LogP contribution in [0.2, 0.25) is 10.0 Å². The Hall–Kier alpha value is -1.58. The SMILES string of the molecule is O=C(O)C(Cc1ccccc1F)Cc1cccc(Cl)c1Cl. The minimum atomic E-state index is -0.991. The number of halogens is 3. The van der Waals surface area contributed by atoms with Crippen LogP contribution in [0.15, 0.2) is 42.5 Å². The van der Waals surface area contributed by atoms with Gasteiger partial charge in [0.25, 0.3) is 0 Å². The molecule has 2 aromatic rings. The van der Waals surface area contributed by atoms with Gasteiger partial charge >= 0.3 is 5.97 Å². The fourth-order valence-corrected chi connectivity index (χ4v) is 2.55. The molecule has 1 unspecified atom stereocenters. The number of carbonyl (C=O) groups is 1. The van der Waals surface area contributed by atoms with Gasteiger partial charge in [-0.25, -0.2) is 4.39 Å². The predicted molar refractivity (Wildman–Crippen MR) is 81.4 cm³/mol. The van der Waals surface area contributed by atoms with Gasteiger partial charge in [-0.3, -0.25) is 4.79 Å². The predicted octanol–water partition coefficient (Wildman–Crippen LogP) is 4.62. The van der Waals surface area contributed by atoms with Crippen molar-refractivity contribution >= 4 is 29.2 Å². The summed E-state index contributed by atoms with van der Waals surface area (Å²) >= 11 is 12.0. The minimum Gasteiger partial charge on any atom is -0.481 e. The number of hydrogen-bond acceptors (Lipinski definition) is 1. The van der Waals surface area contributed by atoms with Crippen LogP contribution >= 0.6 is 23.2 Å². The number of carboxylic acid groups (broad SMARTS) is 1. The van der Waals surface area contributed by atoms with Crippen molar-refractivity contribution in [2.24, 2.45) is 5.92 Å². The highest BCUT2D eigenvalue weighted by atomic mass is 35.5. The lowest BCUT2D eigenvalue weighted by Crippen LogP contribution is -2.20. The molecule has 0 aliphatic heterocycles. The van der Waals surface area contributed by atoms with Gasteiger partial charge in [0.1, 0.15) is 5.82 Å². The van der Waals surface area contributed by atoms with Gasteiger partial charge in [-0.15, -0.1) is 0 Å². The summed E-state index contributed by atoms with van der Waals surface area (Å²) in [7, 11) is 0. The van der Waals surface area contributed by atoms with E-state index in [1.165, 1.54) is 6.07 Å². The molecule has 0 spiro atoms. The molecule has 0 aliphatic carbocycles. The van der Waals surface area contributed by atoms with E-state index in [1.807, 2.05) is 0 Å². The average molecular weight is 327 g/mol. The third kappa shape index (κ3) is 3.96. The summed E-state index contributed by atoms with van der Waals surface area (Å²) in [6.07, 6.45) is 0.300. The Morgan fingerprint density at radius 3 is 2.33 bits per heavy atom. The van der Waals surface area contributed by atoms with Crippen molar-refractivity contribution in [3.63, 3.8) is 0 Å². The van der Waals surface area contributed by atoms with Gasteiger partial charge in [0.2, 0.25) is 0 Å². The van der Waals surface area contributed by atoms with Crippen molar-refractivity contribution in [3.05, 3.63) is 69.5 Å². The van der Waals surface area contributed by atoms with Crippen LogP contribution in [0.3, 0.4) is 0 Å². The van der Waals surface area contributed by atoms with Crippen LogP contribution in [0.4, 0.5) is 4.39 Å². The molecule has 2 aromatic carbocycles. The Balaban J connectivity index is 2.22. The first kappa shape index (κ1) is 15.8. The molecule has 110 valence electrons. The molecular weight excluding hydrogens is 314 g/mol. The first-order valence-corrected chi connectivity index (χ1v) is 7.13. The van der Waals surface area contributed by atoms with E-state index >= 15 is 0 Å². The molecule has 0 aliphatic rings. The van der Waals surface area contributed by atoms with Gasteiger partial charge in [0.05, 0.1) is 16.0 Å². The normalized spacial score (nSPS) is 12.1. The fraction of sp³-hybridized carbons (Fsp3) is 0.188. The van der Waals surface area contributed by atoms with Gasteiger partial charge < -0.3 is 5.11 Å². The van der Waals surface area contributed by atoms with E-state index in [2.05, 4.69) is 0 Å². The third-order valence-corrected chi connectivity index (χ3v) is 4.13. The molecule has 0 fully saturated rings. The second-order valence-electron chi connectivity index (χ2n) is 4.75. The first-order chi connectivity index (χ1) is 9.99. The Morgan fingerprint density at radius 1 is 1.05 bits per heavy atom. The molecule has 21 heavy (non-hydrogen) atoms. The van der Waals surface area contributed by atoms with E-state index in [9.17, 15) is 14.3 Å². The van der Waals surface area contributed by atoms with Crippen molar-refractivity contribution in [2.75, 3.05) is 0 Å². The summed E-state index contributed by atoms with van der Waals surface area (Å²) in [5.41, 5.74) is 1.02. The highest BCUT2D eigenvalue weighted by Gasteiger charge is 2.21. The Bertz CT molecular complexity index is 658. The van der Waals surface area contributed by atoms with Crippen LogP contribution in [0.1, 0.15) is 11.1 Å². The number of aliphatic carboxylic acids is 1. The number of carboxylic acids is 1. The second-order valence-corrected chi connectivity index (χ2v) is 5.53. The highest BCUT2D eigenvalue weighted by molar-refractivity contribution is 6.42. The van der Waals surface area contributed by atoms with E-state index in [0.29, 0.717) is 21.2 Å². The lowest BCUT2D eigenvalue weighted by atomic mass is 9.92. The number of hydrogen-bond donors (Lipinski definition) is 1. The molecule has 0 saturated carbocycles. The van der Waals surface area contributed by atoms with E-state index < -0.39 is 17.7 Å². The summed E-state index contributed by atoms with van der Waals surface area (Å²) in [6.45, 7) is 0. The molecule has 0 radical (unpaired) electrons. The maximum atomic E-state index is 13.7. The van der Waals surface area contributed by atoms with Gasteiger partial charge in [-0.05, 0) is 36.1 Å². The van der Waals surface area contributed by atoms with Crippen molar-refractivity contribution in [1.29, 1.82) is 0 Å². The van der Waals surface area contributed by atoms with Crippen molar-refractivity contribution in [1.82, 2.24) is 0 Å². The molecule has 0 heterocycles. The largest absolute Gasteiger partial charge is 0.481 e. The second kappa shape index (κ2) is 6.92. The zero-order valence-corrected chi connectivity index (χ0v) is 12.5. The molecule has 1 N–H and O–H groups in total.